The van der Waals surface area contributed by atoms with E-state index in [9.17, 15) is 13.2 Å². The van der Waals surface area contributed by atoms with Gasteiger partial charge in [0.05, 0.1) is 11.5 Å². The standard InChI is InChI=1S/C17H18N2O4S/c1-2-23-15-7-3-13(4-8-15)17(20)11-12-19-14-5-9-16(10-6-14)24(18,21)22/h3-12,19H,2H2,1H3,(H2,18,21,22)/b12-11-. The van der Waals surface area contributed by atoms with Crippen LogP contribution in [0.2, 0.25) is 0 Å². The average molecular weight is 346 g/mol. The van der Waals surface area contributed by atoms with Gasteiger partial charge in [-0.05, 0) is 55.5 Å². The van der Waals surface area contributed by atoms with E-state index in [1.54, 1.807) is 36.4 Å². The molecule has 0 unspecified atom stereocenters. The zero-order valence-corrected chi connectivity index (χ0v) is 13.9. The fourth-order valence-corrected chi connectivity index (χ4v) is 2.45. The first-order valence-corrected chi connectivity index (χ1v) is 8.78. The zero-order valence-electron chi connectivity index (χ0n) is 13.1. The van der Waals surface area contributed by atoms with Gasteiger partial charge < -0.3 is 10.1 Å². The van der Waals surface area contributed by atoms with Gasteiger partial charge in [-0.25, -0.2) is 13.6 Å². The largest absolute Gasteiger partial charge is 0.494 e. The molecule has 3 N–H and O–H groups in total. The van der Waals surface area contributed by atoms with Crippen LogP contribution in [0.15, 0.2) is 65.7 Å². The molecule has 126 valence electrons. The molecule has 7 heteroatoms. The van der Waals surface area contributed by atoms with Crippen LogP contribution in [0.25, 0.3) is 0 Å². The highest BCUT2D eigenvalue weighted by molar-refractivity contribution is 7.89. The first-order chi connectivity index (χ1) is 11.4. The molecule has 0 atom stereocenters. The molecule has 0 aliphatic rings. The fraction of sp³-hybridized carbons (Fsp3) is 0.118. The summed E-state index contributed by atoms with van der Waals surface area (Å²) in [7, 11) is -3.71. The van der Waals surface area contributed by atoms with Crippen molar-refractivity contribution in [3.05, 3.63) is 66.4 Å². The Labute approximate surface area is 141 Å². The number of ether oxygens (including phenoxy) is 1. The number of primary sulfonamides is 1. The summed E-state index contributed by atoms with van der Waals surface area (Å²) in [6.07, 6.45) is 2.88. The molecule has 0 aromatic heterocycles. The number of nitrogens with one attached hydrogen (secondary N) is 1. The Morgan fingerprint density at radius 2 is 1.75 bits per heavy atom. The lowest BCUT2D eigenvalue weighted by Gasteiger charge is -2.03. The molecule has 0 radical (unpaired) electrons. The van der Waals surface area contributed by atoms with E-state index in [1.807, 2.05) is 6.92 Å². The van der Waals surface area contributed by atoms with Crippen LogP contribution in [0.3, 0.4) is 0 Å². The molecule has 0 heterocycles. The minimum Gasteiger partial charge on any atom is -0.494 e. The van der Waals surface area contributed by atoms with Crippen molar-refractivity contribution in [1.82, 2.24) is 0 Å². The fourth-order valence-electron chi connectivity index (χ4n) is 1.93. The van der Waals surface area contributed by atoms with Crippen LogP contribution in [0, 0.1) is 0 Å². The molecule has 0 amide bonds. The number of benzene rings is 2. The van der Waals surface area contributed by atoms with E-state index in [2.05, 4.69) is 5.32 Å². The van der Waals surface area contributed by atoms with Crippen LogP contribution in [-0.2, 0) is 10.0 Å². The molecule has 0 saturated heterocycles. The van der Waals surface area contributed by atoms with Gasteiger partial charge in [-0.2, -0.15) is 0 Å². The molecule has 6 nitrogen and oxygen atoms in total. The molecule has 0 aliphatic carbocycles. The number of rotatable bonds is 7. The van der Waals surface area contributed by atoms with Crippen molar-refractivity contribution in [1.29, 1.82) is 0 Å². The SMILES string of the molecule is CCOc1ccc(C(=O)/C=C\Nc2ccc(S(N)(=O)=O)cc2)cc1. The Hall–Kier alpha value is -2.64. The van der Waals surface area contributed by atoms with Crippen LogP contribution in [0.1, 0.15) is 17.3 Å². The second-order valence-corrected chi connectivity index (χ2v) is 6.43. The lowest BCUT2D eigenvalue weighted by Crippen LogP contribution is -2.11. The maximum Gasteiger partial charge on any atom is 0.238 e. The van der Waals surface area contributed by atoms with Gasteiger partial charge >= 0.3 is 0 Å². The van der Waals surface area contributed by atoms with E-state index in [1.165, 1.54) is 24.4 Å². The molecule has 0 bridgehead atoms. The molecule has 2 aromatic rings. The smallest absolute Gasteiger partial charge is 0.238 e. The Morgan fingerprint density at radius 3 is 2.29 bits per heavy atom. The molecule has 0 fully saturated rings. The summed E-state index contributed by atoms with van der Waals surface area (Å²) in [5.74, 6) is 0.554. The third-order valence-electron chi connectivity index (χ3n) is 3.12. The Kier molecular flexibility index (Phi) is 5.73. The molecular formula is C17H18N2O4S. The Bertz CT molecular complexity index is 826. The van der Waals surface area contributed by atoms with Crippen LogP contribution >= 0.6 is 0 Å². The number of anilines is 1. The molecule has 0 saturated carbocycles. The third-order valence-corrected chi connectivity index (χ3v) is 4.05. The molecule has 24 heavy (non-hydrogen) atoms. The molecule has 0 aliphatic heterocycles. The maximum absolute atomic E-state index is 12.0. The predicted molar refractivity (Wildman–Crippen MR) is 92.5 cm³/mol. The van der Waals surface area contributed by atoms with Gasteiger partial charge in [0.2, 0.25) is 10.0 Å². The van der Waals surface area contributed by atoms with Gasteiger partial charge in [-0.1, -0.05) is 0 Å². The molecule has 0 spiro atoms. The van der Waals surface area contributed by atoms with Crippen molar-refractivity contribution in [2.45, 2.75) is 11.8 Å². The van der Waals surface area contributed by atoms with Crippen molar-refractivity contribution in [3.63, 3.8) is 0 Å². The van der Waals surface area contributed by atoms with Gasteiger partial charge in [0.15, 0.2) is 5.78 Å². The number of nitrogens with two attached hydrogens (primary N) is 1. The summed E-state index contributed by atoms with van der Waals surface area (Å²) < 4.78 is 27.6. The second-order valence-electron chi connectivity index (χ2n) is 4.87. The number of allylic oxidation sites excluding steroid dienone is 1. The van der Waals surface area contributed by atoms with Gasteiger partial charge in [-0.15, -0.1) is 0 Å². The Morgan fingerprint density at radius 1 is 1.12 bits per heavy atom. The van der Waals surface area contributed by atoms with E-state index in [4.69, 9.17) is 9.88 Å². The van der Waals surface area contributed by atoms with E-state index in [0.717, 1.165) is 0 Å². The topological polar surface area (TPSA) is 98.5 Å². The summed E-state index contributed by atoms with van der Waals surface area (Å²) in [6, 6.07) is 12.8. The van der Waals surface area contributed by atoms with Crippen molar-refractivity contribution >= 4 is 21.5 Å². The lowest BCUT2D eigenvalue weighted by molar-refractivity contribution is 0.104. The third kappa shape index (κ3) is 4.94. The summed E-state index contributed by atoms with van der Waals surface area (Å²) in [5, 5.41) is 7.92. The number of sulfonamides is 1. The van der Waals surface area contributed by atoms with Gasteiger partial charge in [-0.3, -0.25) is 4.79 Å². The van der Waals surface area contributed by atoms with Crippen molar-refractivity contribution < 1.29 is 17.9 Å². The second kappa shape index (κ2) is 7.76. The number of carbonyl (C=O) groups excluding carboxylic acids is 1. The maximum atomic E-state index is 12.0. The van der Waals surface area contributed by atoms with Gasteiger partial charge in [0.1, 0.15) is 5.75 Å². The highest BCUT2D eigenvalue weighted by atomic mass is 32.2. The number of hydrogen-bond donors (Lipinski definition) is 2. The van der Waals surface area contributed by atoms with Gasteiger partial charge in [0, 0.05) is 23.5 Å². The Balaban J connectivity index is 1.96. The highest BCUT2D eigenvalue weighted by Gasteiger charge is 2.06. The van der Waals surface area contributed by atoms with Crippen LogP contribution in [0.5, 0.6) is 5.75 Å². The first-order valence-electron chi connectivity index (χ1n) is 7.23. The first kappa shape index (κ1) is 17.7. The van der Waals surface area contributed by atoms with Crippen LogP contribution in [-0.4, -0.2) is 20.8 Å². The van der Waals surface area contributed by atoms with Crippen LogP contribution in [0.4, 0.5) is 5.69 Å². The normalized spacial score (nSPS) is 11.4. The van der Waals surface area contributed by atoms with E-state index < -0.39 is 10.0 Å². The number of ketones is 1. The zero-order chi connectivity index (χ0) is 17.6. The van der Waals surface area contributed by atoms with E-state index in [0.29, 0.717) is 23.6 Å². The number of hydrogen-bond acceptors (Lipinski definition) is 5. The number of carbonyl (C=O) groups is 1. The highest BCUT2D eigenvalue weighted by Crippen LogP contribution is 2.14. The summed E-state index contributed by atoms with van der Waals surface area (Å²) in [5.41, 5.74) is 1.18. The monoisotopic (exact) mass is 346 g/mol. The van der Waals surface area contributed by atoms with Crippen molar-refractivity contribution in [2.75, 3.05) is 11.9 Å². The minimum atomic E-state index is -3.71. The summed E-state index contributed by atoms with van der Waals surface area (Å²) in [6.45, 7) is 2.46. The average Bonchev–Trinajstić information content (AvgIpc) is 2.55. The summed E-state index contributed by atoms with van der Waals surface area (Å²) >= 11 is 0. The summed E-state index contributed by atoms with van der Waals surface area (Å²) in [4.78, 5) is 12.1. The van der Waals surface area contributed by atoms with E-state index >= 15 is 0 Å². The van der Waals surface area contributed by atoms with Crippen molar-refractivity contribution in [2.24, 2.45) is 5.14 Å². The quantitative estimate of drug-likeness (QED) is 0.593. The van der Waals surface area contributed by atoms with E-state index in [-0.39, 0.29) is 10.7 Å². The van der Waals surface area contributed by atoms with Crippen molar-refractivity contribution in [3.8, 4) is 5.75 Å². The van der Waals surface area contributed by atoms with Gasteiger partial charge in [0.25, 0.3) is 0 Å². The predicted octanol–water partition coefficient (Wildman–Crippen LogP) is 2.54. The lowest BCUT2D eigenvalue weighted by atomic mass is 10.1. The molecule has 2 rings (SSSR count). The van der Waals surface area contributed by atoms with Crippen LogP contribution < -0.4 is 15.2 Å². The minimum absolute atomic E-state index is 0.0301. The molecular weight excluding hydrogens is 328 g/mol. The molecule has 2 aromatic carbocycles.